The highest BCUT2D eigenvalue weighted by Crippen LogP contribution is 2.39. The van der Waals surface area contributed by atoms with E-state index in [1.807, 2.05) is 0 Å². The summed E-state index contributed by atoms with van der Waals surface area (Å²) >= 11 is 0. The fourth-order valence-electron chi connectivity index (χ4n) is 3.45. The molecule has 2 aromatic carbocycles. The summed E-state index contributed by atoms with van der Waals surface area (Å²) in [6.45, 7) is 1.33. The highest BCUT2D eigenvalue weighted by molar-refractivity contribution is 6.00. The molecule has 0 atom stereocenters. The van der Waals surface area contributed by atoms with Gasteiger partial charge in [-0.1, -0.05) is 12.1 Å². The monoisotopic (exact) mass is 498 g/mol. The Balaban J connectivity index is 1.37. The van der Waals surface area contributed by atoms with Crippen LogP contribution < -0.4 is 15.4 Å². The average Bonchev–Trinajstić information content (AvgIpc) is 3.64. The SMILES string of the molecule is CC(=O)c1ccc(Oc2ccc(CNC(=O)C3(NC(=O)c4cncnc4)CC3)cc2)c(C(F)(F)F)c1. The predicted molar refractivity (Wildman–Crippen MR) is 121 cm³/mol. The Bertz CT molecular complexity index is 1290. The molecule has 11 heteroatoms. The third kappa shape index (κ3) is 5.68. The van der Waals surface area contributed by atoms with Gasteiger partial charge in [0.2, 0.25) is 5.91 Å². The fourth-order valence-corrected chi connectivity index (χ4v) is 3.45. The van der Waals surface area contributed by atoms with Gasteiger partial charge in [0.25, 0.3) is 5.91 Å². The van der Waals surface area contributed by atoms with Crippen LogP contribution in [0.4, 0.5) is 13.2 Å². The summed E-state index contributed by atoms with van der Waals surface area (Å²) in [6, 6.07) is 9.30. The van der Waals surface area contributed by atoms with E-state index in [4.69, 9.17) is 4.74 Å². The molecular weight excluding hydrogens is 477 g/mol. The first-order chi connectivity index (χ1) is 17.1. The zero-order valence-electron chi connectivity index (χ0n) is 19.1. The molecule has 36 heavy (non-hydrogen) atoms. The van der Waals surface area contributed by atoms with Crippen molar-refractivity contribution < 1.29 is 32.3 Å². The van der Waals surface area contributed by atoms with Crippen molar-refractivity contribution in [1.29, 1.82) is 0 Å². The number of rotatable bonds is 8. The summed E-state index contributed by atoms with van der Waals surface area (Å²) < 4.78 is 45.8. The highest BCUT2D eigenvalue weighted by atomic mass is 19.4. The van der Waals surface area contributed by atoms with Crippen LogP contribution in [-0.4, -0.2) is 33.1 Å². The Morgan fingerprint density at radius 1 is 1.00 bits per heavy atom. The zero-order chi connectivity index (χ0) is 25.9. The van der Waals surface area contributed by atoms with Crippen LogP contribution in [0.3, 0.4) is 0 Å². The second-order valence-electron chi connectivity index (χ2n) is 8.36. The van der Waals surface area contributed by atoms with Gasteiger partial charge < -0.3 is 15.4 Å². The summed E-state index contributed by atoms with van der Waals surface area (Å²) in [5, 5.41) is 5.49. The van der Waals surface area contributed by atoms with E-state index >= 15 is 0 Å². The lowest BCUT2D eigenvalue weighted by atomic mass is 10.1. The van der Waals surface area contributed by atoms with Crippen LogP contribution in [0.15, 0.2) is 61.2 Å². The highest BCUT2D eigenvalue weighted by Gasteiger charge is 2.51. The van der Waals surface area contributed by atoms with E-state index < -0.39 is 34.7 Å². The molecule has 2 amide bonds. The molecule has 1 aliphatic rings. The third-order valence-electron chi connectivity index (χ3n) is 5.66. The molecule has 8 nitrogen and oxygen atoms in total. The lowest BCUT2D eigenvalue weighted by Gasteiger charge is -2.17. The summed E-state index contributed by atoms with van der Waals surface area (Å²) in [5.74, 6) is -1.54. The first kappa shape index (κ1) is 24.8. The van der Waals surface area contributed by atoms with Crippen LogP contribution in [0.25, 0.3) is 0 Å². The molecule has 1 fully saturated rings. The Hall–Kier alpha value is -4.28. The number of carbonyl (C=O) groups is 3. The van der Waals surface area contributed by atoms with Gasteiger partial charge in [0.1, 0.15) is 23.4 Å². The molecule has 186 valence electrons. The Morgan fingerprint density at radius 2 is 1.67 bits per heavy atom. The molecule has 4 rings (SSSR count). The first-order valence-electron chi connectivity index (χ1n) is 10.9. The van der Waals surface area contributed by atoms with Crippen LogP contribution >= 0.6 is 0 Å². The number of Topliss-reactive ketones (excluding diaryl/α,β-unsaturated/α-hetero) is 1. The Kier molecular flexibility index (Phi) is 6.73. The van der Waals surface area contributed by atoms with E-state index in [0.717, 1.165) is 12.1 Å². The Labute approximate surface area is 203 Å². The van der Waals surface area contributed by atoms with Crippen LogP contribution in [0, 0.1) is 0 Å². The van der Waals surface area contributed by atoms with Crippen molar-refractivity contribution in [2.75, 3.05) is 0 Å². The van der Waals surface area contributed by atoms with Gasteiger partial charge in [-0.05, 0) is 55.7 Å². The number of nitrogens with one attached hydrogen (secondary N) is 2. The predicted octanol–water partition coefficient (Wildman–Crippen LogP) is 4.07. The van der Waals surface area contributed by atoms with Crippen molar-refractivity contribution >= 4 is 17.6 Å². The number of benzene rings is 2. The lowest BCUT2D eigenvalue weighted by molar-refractivity contribution is -0.138. The molecule has 0 saturated heterocycles. The molecule has 1 heterocycles. The van der Waals surface area contributed by atoms with Gasteiger partial charge >= 0.3 is 6.18 Å². The van der Waals surface area contributed by atoms with Crippen molar-refractivity contribution in [1.82, 2.24) is 20.6 Å². The maximum Gasteiger partial charge on any atom is 0.420 e. The minimum absolute atomic E-state index is 0.0671. The van der Waals surface area contributed by atoms with E-state index in [0.29, 0.717) is 18.4 Å². The second kappa shape index (κ2) is 9.76. The van der Waals surface area contributed by atoms with Gasteiger partial charge in [-0.25, -0.2) is 9.97 Å². The van der Waals surface area contributed by atoms with Gasteiger partial charge in [-0.2, -0.15) is 13.2 Å². The molecule has 0 unspecified atom stereocenters. The number of halogens is 3. The van der Waals surface area contributed by atoms with E-state index in [1.54, 1.807) is 12.1 Å². The van der Waals surface area contributed by atoms with Crippen molar-refractivity contribution in [3.63, 3.8) is 0 Å². The molecule has 2 N–H and O–H groups in total. The third-order valence-corrected chi connectivity index (χ3v) is 5.66. The van der Waals surface area contributed by atoms with Gasteiger partial charge in [-0.3, -0.25) is 14.4 Å². The minimum atomic E-state index is -4.70. The number of nitrogens with zero attached hydrogens (tertiary/aromatic N) is 2. The van der Waals surface area contributed by atoms with Crippen molar-refractivity contribution in [2.45, 2.75) is 38.0 Å². The standard InChI is InChI=1S/C25H21F3N4O4/c1-15(33)17-4-7-21(20(10-17)25(26,27)28)36-19-5-2-16(3-6-19)11-31-23(35)24(8-9-24)32-22(34)18-12-29-14-30-13-18/h2-7,10,12-14H,8-9,11H2,1H3,(H,31,35)(H,32,34). The van der Waals surface area contributed by atoms with Crippen LogP contribution in [-0.2, 0) is 17.5 Å². The van der Waals surface area contributed by atoms with Crippen molar-refractivity contribution in [2.24, 2.45) is 0 Å². The molecule has 1 aliphatic carbocycles. The molecule has 1 saturated carbocycles. The molecule has 0 aliphatic heterocycles. The van der Waals surface area contributed by atoms with Crippen LogP contribution in [0.2, 0.25) is 0 Å². The largest absolute Gasteiger partial charge is 0.457 e. The van der Waals surface area contributed by atoms with Gasteiger partial charge in [-0.15, -0.1) is 0 Å². The maximum absolute atomic E-state index is 13.4. The number of amides is 2. The zero-order valence-corrected chi connectivity index (χ0v) is 19.1. The number of ketones is 1. The van der Waals surface area contributed by atoms with E-state index in [9.17, 15) is 27.6 Å². The lowest BCUT2D eigenvalue weighted by Crippen LogP contribution is -2.48. The molecule has 1 aromatic heterocycles. The number of alkyl halides is 3. The fraction of sp³-hybridized carbons (Fsp3) is 0.240. The van der Waals surface area contributed by atoms with Crippen molar-refractivity contribution in [3.05, 3.63) is 83.4 Å². The number of hydrogen-bond donors (Lipinski definition) is 2. The quantitative estimate of drug-likeness (QED) is 0.453. The van der Waals surface area contributed by atoms with E-state index in [-0.39, 0.29) is 29.3 Å². The average molecular weight is 498 g/mol. The van der Waals surface area contributed by atoms with E-state index in [1.165, 1.54) is 43.8 Å². The van der Waals surface area contributed by atoms with Gasteiger partial charge in [0.05, 0.1) is 11.1 Å². The molecule has 0 bridgehead atoms. The summed E-state index contributed by atoms with van der Waals surface area (Å²) in [6.07, 6.45) is 0.299. The minimum Gasteiger partial charge on any atom is -0.457 e. The van der Waals surface area contributed by atoms with Crippen LogP contribution in [0.5, 0.6) is 11.5 Å². The number of aromatic nitrogens is 2. The van der Waals surface area contributed by atoms with Gasteiger partial charge in [0.15, 0.2) is 5.78 Å². The summed E-state index contributed by atoms with van der Waals surface area (Å²) in [7, 11) is 0. The topological polar surface area (TPSA) is 110 Å². The summed E-state index contributed by atoms with van der Waals surface area (Å²) in [5.41, 5.74) is -1.18. The number of hydrogen-bond acceptors (Lipinski definition) is 6. The second-order valence-corrected chi connectivity index (χ2v) is 8.36. The van der Waals surface area contributed by atoms with E-state index in [2.05, 4.69) is 20.6 Å². The number of ether oxygens (including phenoxy) is 1. The molecular formula is C25H21F3N4O4. The normalized spacial score (nSPS) is 14.0. The summed E-state index contributed by atoms with van der Waals surface area (Å²) in [4.78, 5) is 44.0. The maximum atomic E-state index is 13.4. The molecule has 0 radical (unpaired) electrons. The molecule has 3 aromatic rings. The Morgan fingerprint density at radius 3 is 2.25 bits per heavy atom. The molecule has 0 spiro atoms. The van der Waals surface area contributed by atoms with Crippen molar-refractivity contribution in [3.8, 4) is 11.5 Å². The van der Waals surface area contributed by atoms with Gasteiger partial charge in [0, 0.05) is 24.5 Å². The first-order valence-corrected chi connectivity index (χ1v) is 10.9. The van der Waals surface area contributed by atoms with Crippen LogP contribution in [0.1, 0.15) is 51.6 Å². The number of carbonyl (C=O) groups excluding carboxylic acids is 3. The smallest absolute Gasteiger partial charge is 0.420 e.